The second-order valence-electron chi connectivity index (χ2n) is 17.3. The van der Waals surface area contributed by atoms with Crippen molar-refractivity contribution >= 4 is 6.16 Å². The van der Waals surface area contributed by atoms with E-state index < -0.39 is 23.1 Å². The van der Waals surface area contributed by atoms with Crippen LogP contribution in [0.15, 0.2) is 12.1 Å². The Hall–Kier alpha value is -1.91. The molecule has 7 aliphatic rings. The summed E-state index contributed by atoms with van der Waals surface area (Å²) >= 11 is 0. The first-order valence-electron chi connectivity index (χ1n) is 18.0. The van der Waals surface area contributed by atoms with Crippen LogP contribution in [-0.2, 0) is 24.4 Å². The van der Waals surface area contributed by atoms with Crippen LogP contribution < -0.4 is 9.47 Å². The van der Waals surface area contributed by atoms with Crippen LogP contribution in [0.4, 0.5) is 4.79 Å². The van der Waals surface area contributed by atoms with Crippen molar-refractivity contribution in [1.82, 2.24) is 4.90 Å². The normalized spacial score (nSPS) is 38.6. The Kier molecular flexibility index (Phi) is 7.89. The van der Waals surface area contributed by atoms with E-state index in [1.54, 1.807) is 7.11 Å². The SMILES string of the molecule is COC12CCC3(CC1C(C)(O)C(C)(C)C)C(C)N(CC1CC1)CCC31c3c(C)ccc(OC(=O)OCCC4COC(C)(C)O4)c3OC21. The number of carbonyl (C=O) groups is 1. The van der Waals surface area contributed by atoms with Crippen LogP contribution in [-0.4, -0.2) is 84.8 Å². The summed E-state index contributed by atoms with van der Waals surface area (Å²) in [6.45, 7) is 19.5. The van der Waals surface area contributed by atoms with E-state index in [-0.39, 0.29) is 41.0 Å². The van der Waals surface area contributed by atoms with Gasteiger partial charge >= 0.3 is 6.16 Å². The Balaban J connectivity index is 1.25. The van der Waals surface area contributed by atoms with Crippen LogP contribution in [0.1, 0.15) is 105 Å². The molecule has 262 valence electrons. The number of rotatable bonds is 8. The molecular formula is C38H57NO8. The third-order valence-electron chi connectivity index (χ3n) is 13.7. The number of ether oxygens (including phenoxy) is 6. The Morgan fingerprint density at radius 3 is 2.51 bits per heavy atom. The molecule has 0 radical (unpaired) electrons. The smallest absolute Gasteiger partial charge is 0.482 e. The van der Waals surface area contributed by atoms with E-state index in [0.29, 0.717) is 30.6 Å². The van der Waals surface area contributed by atoms with Crippen molar-refractivity contribution in [3.63, 3.8) is 0 Å². The van der Waals surface area contributed by atoms with Crippen LogP contribution >= 0.6 is 0 Å². The summed E-state index contributed by atoms with van der Waals surface area (Å²) in [5, 5.41) is 12.5. The number of carbonyl (C=O) groups excluding carboxylic acids is 1. The number of piperidine rings is 1. The van der Waals surface area contributed by atoms with Crippen molar-refractivity contribution in [3.05, 3.63) is 23.3 Å². The molecule has 1 N–H and O–H groups in total. The number of hydrogen-bond donors (Lipinski definition) is 1. The Morgan fingerprint density at radius 1 is 1.13 bits per heavy atom. The third-order valence-corrected chi connectivity index (χ3v) is 13.7. The molecule has 3 heterocycles. The van der Waals surface area contributed by atoms with Gasteiger partial charge in [0.2, 0.25) is 0 Å². The second-order valence-corrected chi connectivity index (χ2v) is 17.3. The number of hydrogen-bond acceptors (Lipinski definition) is 9. The second kappa shape index (κ2) is 11.0. The maximum absolute atomic E-state index is 13.1. The van der Waals surface area contributed by atoms with E-state index in [1.165, 1.54) is 12.8 Å². The minimum Gasteiger partial charge on any atom is -0.482 e. The standard InChI is InChI=1S/C38H57NO8/c1-23-10-13-27(45-32(40)43-19-14-26-22-44-34(6,7)47-26)30-29(23)37-17-18-39(21-25-11-12-25)24(2)36(37)15-16-38(42-9,31(37)46-30)28(20-36)35(8,41)33(3,4)5/h10,13,24-26,28,31,41H,11-12,14-22H2,1-9H3. The van der Waals surface area contributed by atoms with Crippen molar-refractivity contribution in [1.29, 1.82) is 0 Å². The molecule has 1 aromatic carbocycles. The zero-order valence-corrected chi connectivity index (χ0v) is 30.1. The molecule has 2 spiro atoms. The monoisotopic (exact) mass is 655 g/mol. The molecule has 0 amide bonds. The van der Waals surface area contributed by atoms with Crippen molar-refractivity contribution in [2.75, 3.05) is 33.4 Å². The highest BCUT2D eigenvalue weighted by molar-refractivity contribution is 5.69. The van der Waals surface area contributed by atoms with Crippen molar-refractivity contribution < 1.29 is 38.3 Å². The first-order valence-corrected chi connectivity index (χ1v) is 18.0. The van der Waals surface area contributed by atoms with Crippen LogP contribution in [0.25, 0.3) is 0 Å². The lowest BCUT2D eigenvalue weighted by Gasteiger charge is -2.74. The molecule has 2 bridgehead atoms. The lowest BCUT2D eigenvalue weighted by Crippen LogP contribution is -2.81. The summed E-state index contributed by atoms with van der Waals surface area (Å²) in [6.07, 6.45) is 5.53. The fourth-order valence-corrected chi connectivity index (χ4v) is 10.6. The van der Waals surface area contributed by atoms with Gasteiger partial charge in [-0.2, -0.15) is 0 Å². The van der Waals surface area contributed by atoms with E-state index >= 15 is 0 Å². The molecule has 9 nitrogen and oxygen atoms in total. The van der Waals surface area contributed by atoms with Gasteiger partial charge in [0.05, 0.1) is 24.9 Å². The predicted molar refractivity (Wildman–Crippen MR) is 177 cm³/mol. The number of methoxy groups -OCH3 is 1. The van der Waals surface area contributed by atoms with Crippen LogP contribution in [0.5, 0.6) is 11.5 Å². The van der Waals surface area contributed by atoms with E-state index in [2.05, 4.69) is 45.6 Å². The topological polar surface area (TPSA) is 95.9 Å². The fraction of sp³-hybridized carbons (Fsp3) is 0.816. The first kappa shape index (κ1) is 33.6. The van der Waals surface area contributed by atoms with E-state index in [4.69, 9.17) is 28.4 Å². The maximum atomic E-state index is 13.1. The number of benzene rings is 1. The molecule has 9 heteroatoms. The molecule has 2 saturated heterocycles. The van der Waals surface area contributed by atoms with Gasteiger partial charge in [-0.25, -0.2) is 4.79 Å². The number of likely N-dealkylation sites (tertiary alicyclic amines) is 1. The highest BCUT2D eigenvalue weighted by Gasteiger charge is 2.81. The molecule has 8 rings (SSSR count). The van der Waals surface area contributed by atoms with Gasteiger partial charge in [0.15, 0.2) is 17.3 Å². The Bertz CT molecular complexity index is 1400. The van der Waals surface area contributed by atoms with Gasteiger partial charge in [0.1, 0.15) is 11.7 Å². The van der Waals surface area contributed by atoms with Gasteiger partial charge in [-0.15, -0.1) is 0 Å². The molecule has 8 unspecified atom stereocenters. The summed E-state index contributed by atoms with van der Waals surface area (Å²) in [4.78, 5) is 15.8. The van der Waals surface area contributed by atoms with Gasteiger partial charge in [0, 0.05) is 43.0 Å². The Labute approximate surface area is 280 Å². The number of aliphatic hydroxyl groups is 1. The van der Waals surface area contributed by atoms with Gasteiger partial charge in [-0.1, -0.05) is 26.8 Å². The number of aryl methyl sites for hydroxylation is 1. The molecule has 6 fully saturated rings. The molecule has 8 atom stereocenters. The van der Waals surface area contributed by atoms with E-state index in [9.17, 15) is 9.90 Å². The third kappa shape index (κ3) is 4.91. The number of nitrogens with zero attached hydrogens (tertiary/aromatic N) is 1. The van der Waals surface area contributed by atoms with Crippen molar-refractivity contribution in [3.8, 4) is 11.5 Å². The molecule has 4 aliphatic carbocycles. The van der Waals surface area contributed by atoms with Crippen molar-refractivity contribution in [2.45, 2.75) is 141 Å². The minimum absolute atomic E-state index is 0.130. The molecule has 0 aromatic heterocycles. The quantitative estimate of drug-likeness (QED) is 0.248. The molecule has 4 saturated carbocycles. The van der Waals surface area contributed by atoms with E-state index in [1.807, 2.05) is 26.8 Å². The largest absolute Gasteiger partial charge is 0.513 e. The zero-order valence-electron chi connectivity index (χ0n) is 30.1. The minimum atomic E-state index is -1.01. The summed E-state index contributed by atoms with van der Waals surface area (Å²) in [6, 6.07) is 4.19. The van der Waals surface area contributed by atoms with Gasteiger partial charge < -0.3 is 33.5 Å². The summed E-state index contributed by atoms with van der Waals surface area (Å²) in [5.74, 6) is 1.03. The highest BCUT2D eigenvalue weighted by Crippen LogP contribution is 2.76. The predicted octanol–water partition coefficient (Wildman–Crippen LogP) is 6.54. The molecule has 47 heavy (non-hydrogen) atoms. The lowest BCUT2D eigenvalue weighted by atomic mass is 9.35. The molecular weight excluding hydrogens is 598 g/mol. The first-order chi connectivity index (χ1) is 22.0. The maximum Gasteiger partial charge on any atom is 0.513 e. The summed E-state index contributed by atoms with van der Waals surface area (Å²) in [7, 11) is 1.80. The summed E-state index contributed by atoms with van der Waals surface area (Å²) in [5.41, 5.74) is -0.310. The Morgan fingerprint density at radius 2 is 1.87 bits per heavy atom. The van der Waals surface area contributed by atoms with Gasteiger partial charge in [-0.05, 0) is 108 Å². The highest BCUT2D eigenvalue weighted by atomic mass is 16.7. The van der Waals surface area contributed by atoms with Crippen LogP contribution in [0.3, 0.4) is 0 Å². The van der Waals surface area contributed by atoms with Crippen molar-refractivity contribution in [2.24, 2.45) is 22.7 Å². The zero-order chi connectivity index (χ0) is 33.8. The summed E-state index contributed by atoms with van der Waals surface area (Å²) < 4.78 is 36.9. The van der Waals surface area contributed by atoms with E-state index in [0.717, 1.165) is 55.8 Å². The molecule has 1 aromatic rings. The van der Waals surface area contributed by atoms with Crippen LogP contribution in [0.2, 0.25) is 0 Å². The average Bonchev–Trinajstić information content (AvgIpc) is 3.64. The van der Waals surface area contributed by atoms with Crippen LogP contribution in [0, 0.1) is 29.6 Å². The fourth-order valence-electron chi connectivity index (χ4n) is 10.6. The lowest BCUT2D eigenvalue weighted by molar-refractivity contribution is -0.309. The molecule has 3 aliphatic heterocycles. The average molecular weight is 656 g/mol. The number of fused-ring (bicyclic) bond motifs is 3. The van der Waals surface area contributed by atoms with Gasteiger partial charge in [0.25, 0.3) is 0 Å². The van der Waals surface area contributed by atoms with Gasteiger partial charge in [-0.3, -0.25) is 4.90 Å².